The van der Waals surface area contributed by atoms with Gasteiger partial charge in [-0.05, 0) is 55.6 Å². The monoisotopic (exact) mass is 403 g/mol. The Balaban J connectivity index is 1.83. The van der Waals surface area contributed by atoms with E-state index in [2.05, 4.69) is 31.9 Å². The Labute approximate surface area is 132 Å². The van der Waals surface area contributed by atoms with Crippen LogP contribution in [-0.4, -0.2) is 12.7 Å². The first kappa shape index (κ1) is 13.4. The van der Waals surface area contributed by atoms with Gasteiger partial charge < -0.3 is 15.2 Å². The number of hydrogen-bond donors (Lipinski definition) is 1. The highest BCUT2D eigenvalue weighted by Crippen LogP contribution is 2.39. The third-order valence-corrected chi connectivity index (χ3v) is 5.36. The van der Waals surface area contributed by atoms with E-state index >= 15 is 0 Å². The zero-order chi connectivity index (χ0) is 13.4. The maximum atomic E-state index is 6.29. The maximum Gasteiger partial charge on any atom is 0.161 e. The molecular formula is C13H11Br2NO2S. The topological polar surface area (TPSA) is 44.5 Å². The number of fused-ring (bicyclic) bond motifs is 1. The summed E-state index contributed by atoms with van der Waals surface area (Å²) in [5, 5.41) is 0. The van der Waals surface area contributed by atoms with Gasteiger partial charge in [0.1, 0.15) is 6.61 Å². The van der Waals surface area contributed by atoms with Crippen molar-refractivity contribution >= 4 is 43.2 Å². The van der Waals surface area contributed by atoms with Gasteiger partial charge in [0.05, 0.1) is 13.6 Å². The van der Waals surface area contributed by atoms with E-state index in [1.807, 2.05) is 30.3 Å². The van der Waals surface area contributed by atoms with Crippen molar-refractivity contribution in [3.8, 4) is 11.5 Å². The molecule has 0 spiro atoms. The second kappa shape index (κ2) is 5.44. The predicted octanol–water partition coefficient (Wildman–Crippen LogP) is 4.11. The molecule has 0 aliphatic carbocycles. The molecule has 1 aromatic carbocycles. The van der Waals surface area contributed by atoms with Gasteiger partial charge in [-0.2, -0.15) is 0 Å². The lowest BCUT2D eigenvalue weighted by Gasteiger charge is -2.30. The fourth-order valence-electron chi connectivity index (χ4n) is 1.99. The molecular weight excluding hydrogens is 394 g/mol. The molecule has 1 aromatic heterocycles. The van der Waals surface area contributed by atoms with Crippen LogP contribution in [0, 0.1) is 0 Å². The number of benzene rings is 1. The molecule has 0 amide bonds. The zero-order valence-electron chi connectivity index (χ0n) is 9.81. The minimum absolute atomic E-state index is 0.187. The Hall–Kier alpha value is -0.560. The molecule has 0 saturated heterocycles. The van der Waals surface area contributed by atoms with Gasteiger partial charge in [0.15, 0.2) is 17.6 Å². The van der Waals surface area contributed by atoms with E-state index in [1.54, 1.807) is 11.3 Å². The van der Waals surface area contributed by atoms with Crippen LogP contribution in [0.4, 0.5) is 0 Å². The molecule has 1 aliphatic heterocycles. The fraction of sp³-hybridized carbons (Fsp3) is 0.231. The van der Waals surface area contributed by atoms with Crippen molar-refractivity contribution in [3.05, 3.63) is 43.5 Å². The molecule has 2 atom stereocenters. The Morgan fingerprint density at radius 3 is 2.68 bits per heavy atom. The summed E-state index contributed by atoms with van der Waals surface area (Å²) in [6.45, 7) is 0.456. The number of rotatable bonds is 2. The standard InChI is InChI=1S/C13H11Br2NO2S/c14-11-5-7(13(15)19-11)12(16)10-6-17-8-3-1-2-4-9(8)18-10/h1-5,10,12H,6,16H2. The number of ether oxygens (including phenoxy) is 2. The van der Waals surface area contributed by atoms with Gasteiger partial charge in [-0.3, -0.25) is 0 Å². The van der Waals surface area contributed by atoms with Crippen LogP contribution in [0.2, 0.25) is 0 Å². The highest BCUT2D eigenvalue weighted by molar-refractivity contribution is 9.12. The second-order valence-corrected chi connectivity index (χ2v) is 7.97. The van der Waals surface area contributed by atoms with Crippen molar-refractivity contribution in [1.29, 1.82) is 0 Å². The molecule has 1 aliphatic rings. The molecule has 0 saturated carbocycles. The van der Waals surface area contributed by atoms with E-state index in [0.717, 1.165) is 24.6 Å². The summed E-state index contributed by atoms with van der Waals surface area (Å²) in [6.07, 6.45) is -0.187. The van der Waals surface area contributed by atoms with Crippen LogP contribution in [0.15, 0.2) is 37.9 Å². The molecule has 0 fully saturated rings. The molecule has 2 N–H and O–H groups in total. The molecule has 3 nitrogen and oxygen atoms in total. The Morgan fingerprint density at radius 2 is 2.00 bits per heavy atom. The summed E-state index contributed by atoms with van der Waals surface area (Å²) >= 11 is 8.59. The number of para-hydroxylation sites is 2. The van der Waals surface area contributed by atoms with E-state index in [9.17, 15) is 0 Å². The highest BCUT2D eigenvalue weighted by Gasteiger charge is 2.29. The predicted molar refractivity (Wildman–Crippen MR) is 83.0 cm³/mol. The quantitative estimate of drug-likeness (QED) is 0.818. The van der Waals surface area contributed by atoms with E-state index in [-0.39, 0.29) is 12.1 Å². The van der Waals surface area contributed by atoms with Crippen molar-refractivity contribution in [3.63, 3.8) is 0 Å². The van der Waals surface area contributed by atoms with Crippen LogP contribution < -0.4 is 15.2 Å². The van der Waals surface area contributed by atoms with Crippen molar-refractivity contribution in [1.82, 2.24) is 0 Å². The lowest BCUT2D eigenvalue weighted by molar-refractivity contribution is 0.0721. The van der Waals surface area contributed by atoms with Crippen LogP contribution in [0.25, 0.3) is 0 Å². The van der Waals surface area contributed by atoms with Crippen molar-refractivity contribution in [2.45, 2.75) is 12.1 Å². The summed E-state index contributed by atoms with van der Waals surface area (Å²) in [5.41, 5.74) is 7.32. The van der Waals surface area contributed by atoms with Gasteiger partial charge >= 0.3 is 0 Å². The molecule has 2 unspecified atom stereocenters. The third-order valence-electron chi connectivity index (χ3n) is 2.97. The average molecular weight is 405 g/mol. The molecule has 2 heterocycles. The van der Waals surface area contributed by atoms with Crippen molar-refractivity contribution < 1.29 is 9.47 Å². The molecule has 0 bridgehead atoms. The summed E-state index contributed by atoms with van der Waals surface area (Å²) < 4.78 is 13.7. The minimum Gasteiger partial charge on any atom is -0.486 e. The van der Waals surface area contributed by atoms with Crippen LogP contribution in [-0.2, 0) is 0 Å². The Kier molecular flexibility index (Phi) is 3.84. The SMILES string of the molecule is NC(c1cc(Br)sc1Br)C1COc2ccccc2O1. The zero-order valence-corrected chi connectivity index (χ0v) is 13.8. The Bertz CT molecular complexity index is 602. The van der Waals surface area contributed by atoms with Crippen molar-refractivity contribution in [2.75, 3.05) is 6.61 Å². The first-order valence-corrected chi connectivity index (χ1v) is 8.14. The third kappa shape index (κ3) is 2.67. The van der Waals surface area contributed by atoms with Gasteiger partial charge in [-0.1, -0.05) is 12.1 Å². The van der Waals surface area contributed by atoms with Crippen LogP contribution in [0.5, 0.6) is 11.5 Å². The Morgan fingerprint density at radius 1 is 1.26 bits per heavy atom. The van der Waals surface area contributed by atoms with Crippen LogP contribution in [0.1, 0.15) is 11.6 Å². The summed E-state index contributed by atoms with van der Waals surface area (Å²) in [4.78, 5) is 0. The van der Waals surface area contributed by atoms with E-state index in [0.29, 0.717) is 6.61 Å². The van der Waals surface area contributed by atoms with Gasteiger partial charge in [0.25, 0.3) is 0 Å². The second-order valence-electron chi connectivity index (χ2n) is 4.22. The lowest BCUT2D eigenvalue weighted by atomic mass is 10.1. The van der Waals surface area contributed by atoms with Gasteiger partial charge in [-0.25, -0.2) is 0 Å². The highest BCUT2D eigenvalue weighted by atomic mass is 79.9. The molecule has 19 heavy (non-hydrogen) atoms. The van der Waals surface area contributed by atoms with Gasteiger partial charge in [-0.15, -0.1) is 11.3 Å². The normalized spacial score (nSPS) is 19.2. The number of thiophene rings is 1. The first-order chi connectivity index (χ1) is 9.15. The summed E-state index contributed by atoms with van der Waals surface area (Å²) in [7, 11) is 0. The minimum atomic E-state index is -0.231. The average Bonchev–Trinajstić information content (AvgIpc) is 2.76. The van der Waals surface area contributed by atoms with E-state index in [1.165, 1.54) is 0 Å². The number of nitrogens with two attached hydrogens (primary N) is 1. The largest absolute Gasteiger partial charge is 0.486 e. The first-order valence-electron chi connectivity index (χ1n) is 5.74. The summed E-state index contributed by atoms with van der Waals surface area (Å²) in [5.74, 6) is 1.52. The van der Waals surface area contributed by atoms with Crippen LogP contribution >= 0.6 is 43.2 Å². The van der Waals surface area contributed by atoms with Gasteiger partial charge in [0, 0.05) is 0 Å². The molecule has 0 radical (unpaired) electrons. The van der Waals surface area contributed by atoms with Crippen LogP contribution in [0.3, 0.4) is 0 Å². The number of halogens is 2. The fourth-order valence-corrected chi connectivity index (χ4v) is 4.95. The number of hydrogen-bond acceptors (Lipinski definition) is 4. The summed E-state index contributed by atoms with van der Waals surface area (Å²) in [6, 6.07) is 9.43. The van der Waals surface area contributed by atoms with Gasteiger partial charge in [0.2, 0.25) is 0 Å². The van der Waals surface area contributed by atoms with E-state index in [4.69, 9.17) is 15.2 Å². The van der Waals surface area contributed by atoms with E-state index < -0.39 is 0 Å². The van der Waals surface area contributed by atoms with Crippen molar-refractivity contribution in [2.24, 2.45) is 5.73 Å². The molecule has 3 rings (SSSR count). The smallest absolute Gasteiger partial charge is 0.161 e. The molecule has 2 aromatic rings. The maximum absolute atomic E-state index is 6.29. The molecule has 100 valence electrons. The molecule has 6 heteroatoms. The lowest BCUT2D eigenvalue weighted by Crippen LogP contribution is -2.38.